The molecule has 0 aliphatic heterocycles. The van der Waals surface area contributed by atoms with Crippen molar-refractivity contribution < 1.29 is 28.3 Å². The van der Waals surface area contributed by atoms with Crippen LogP contribution >= 0.6 is 11.8 Å². The Kier molecular flexibility index (Phi) is 15.1. The number of hydrogen-bond donors (Lipinski definition) is 1. The molecule has 0 unspecified atom stereocenters. The van der Waals surface area contributed by atoms with E-state index in [0.29, 0.717) is 39.4 Å². The number of fused-ring (bicyclic) bond motifs is 1. The predicted molar refractivity (Wildman–Crippen MR) is 232 cm³/mol. The molecule has 56 heavy (non-hydrogen) atoms. The van der Waals surface area contributed by atoms with Gasteiger partial charge >= 0.3 is 6.09 Å². The Morgan fingerprint density at radius 2 is 1.62 bits per heavy atom. The number of ketones is 1. The fourth-order valence-electron chi connectivity index (χ4n) is 6.89. The number of methoxy groups -OCH3 is 1. The molecule has 0 aliphatic rings. The van der Waals surface area contributed by atoms with Crippen LogP contribution in [0.2, 0.25) is 16.6 Å². The van der Waals surface area contributed by atoms with E-state index in [2.05, 4.69) is 57.1 Å². The van der Waals surface area contributed by atoms with Crippen molar-refractivity contribution in [3.8, 4) is 11.5 Å². The highest BCUT2D eigenvalue weighted by molar-refractivity contribution is 8.00. The van der Waals surface area contributed by atoms with Crippen molar-refractivity contribution in [1.29, 1.82) is 0 Å². The highest BCUT2D eigenvalue weighted by Crippen LogP contribution is 2.45. The van der Waals surface area contributed by atoms with Crippen LogP contribution in [0.1, 0.15) is 84.7 Å². The number of nitrogens with zero attached hydrogens (tertiary/aromatic N) is 3. The third-order valence-corrected chi connectivity index (χ3v) is 16.5. The molecule has 298 valence electrons. The maximum Gasteiger partial charge on any atom is 0.428 e. The van der Waals surface area contributed by atoms with Gasteiger partial charge in [0.2, 0.25) is 0 Å². The van der Waals surface area contributed by atoms with E-state index in [-0.39, 0.29) is 23.9 Å². The second-order valence-corrected chi connectivity index (χ2v) is 22.1. The summed E-state index contributed by atoms with van der Waals surface area (Å²) >= 11 is 1.33. The maximum absolute atomic E-state index is 13.5. The standard InChI is InChI=1S/C44H56N4O6SSi/c1-29(2)56(30(3)4,31(5)6)54-41-24-32(18-22-40(41)52-11)17-19-35(46-47-43(51)53-44(7,8)9)27-37(49)28-55-38-16-12-14-34(26-38)42(50)48(10)36-20-21-39-33(25-36)15-13-23-45-39/h12-26,29-31H,27-28H2,1-11H3,(H,47,51). The molecule has 4 aromatic rings. The first-order chi connectivity index (χ1) is 26.4. The number of aromatic nitrogens is 1. The quantitative estimate of drug-likeness (QED) is 0.0515. The van der Waals surface area contributed by atoms with Gasteiger partial charge in [-0.15, -0.1) is 11.8 Å². The average molecular weight is 797 g/mol. The largest absolute Gasteiger partial charge is 0.540 e. The minimum Gasteiger partial charge on any atom is -0.540 e. The predicted octanol–water partition coefficient (Wildman–Crippen LogP) is 10.7. The number of hydrazone groups is 1. The van der Waals surface area contributed by atoms with Crippen LogP contribution in [0.3, 0.4) is 0 Å². The topological polar surface area (TPSA) is 119 Å². The van der Waals surface area contributed by atoms with Crippen LogP contribution in [0.25, 0.3) is 17.0 Å². The summed E-state index contributed by atoms with van der Waals surface area (Å²) in [6, 6.07) is 22.5. The first-order valence-electron chi connectivity index (χ1n) is 18.9. The van der Waals surface area contributed by atoms with Gasteiger partial charge in [0, 0.05) is 34.8 Å². The van der Waals surface area contributed by atoms with Gasteiger partial charge in [0.15, 0.2) is 5.75 Å². The molecule has 0 saturated carbocycles. The molecule has 0 atom stereocenters. The lowest BCUT2D eigenvalue weighted by molar-refractivity contribution is -0.115. The van der Waals surface area contributed by atoms with Gasteiger partial charge in [-0.3, -0.25) is 14.6 Å². The highest BCUT2D eigenvalue weighted by atomic mass is 32.2. The third kappa shape index (κ3) is 11.5. The normalized spacial score (nSPS) is 12.4. The van der Waals surface area contributed by atoms with E-state index in [9.17, 15) is 14.4 Å². The fourth-order valence-corrected chi connectivity index (χ4v) is 12.9. The molecule has 12 heteroatoms. The molecule has 0 saturated heterocycles. The Morgan fingerprint density at radius 1 is 0.911 bits per heavy atom. The van der Waals surface area contributed by atoms with Crippen LogP contribution in [0, 0.1) is 0 Å². The summed E-state index contributed by atoms with van der Waals surface area (Å²) in [7, 11) is 1.08. The number of allylic oxidation sites excluding steroid dienone is 1. The Labute approximate surface area is 337 Å². The first kappa shape index (κ1) is 43.8. The van der Waals surface area contributed by atoms with E-state index in [1.54, 1.807) is 70.3 Å². The van der Waals surface area contributed by atoms with Gasteiger partial charge in [0.25, 0.3) is 14.2 Å². The van der Waals surface area contributed by atoms with Gasteiger partial charge < -0.3 is 18.8 Å². The zero-order valence-corrected chi connectivity index (χ0v) is 36.3. The van der Waals surface area contributed by atoms with Crippen LogP contribution in [-0.2, 0) is 9.53 Å². The lowest BCUT2D eigenvalue weighted by Gasteiger charge is -2.42. The number of thioether (sulfide) groups is 1. The molecule has 3 aromatic carbocycles. The number of hydrogen-bond acceptors (Lipinski definition) is 9. The Balaban J connectivity index is 1.51. The summed E-state index contributed by atoms with van der Waals surface area (Å²) in [5, 5.41) is 5.22. The Hall–Kier alpha value is -4.94. The Morgan fingerprint density at radius 3 is 2.29 bits per heavy atom. The number of ether oxygens (including phenoxy) is 2. The molecule has 4 rings (SSSR count). The molecule has 0 bridgehead atoms. The van der Waals surface area contributed by atoms with E-state index < -0.39 is 20.0 Å². The minimum absolute atomic E-state index is 0.0545. The summed E-state index contributed by atoms with van der Waals surface area (Å²) in [4.78, 5) is 46.2. The monoisotopic (exact) mass is 796 g/mol. The fraction of sp³-hybridized carbons (Fsp3) is 0.386. The molecule has 1 N–H and O–H groups in total. The first-order valence-corrected chi connectivity index (χ1v) is 22.0. The van der Waals surface area contributed by atoms with Gasteiger partial charge in [0.1, 0.15) is 17.1 Å². The molecule has 0 aliphatic carbocycles. The number of carbonyl (C=O) groups excluding carboxylic acids is 3. The van der Waals surface area contributed by atoms with E-state index in [4.69, 9.17) is 13.9 Å². The Bertz CT molecular complexity index is 2050. The molecule has 1 heterocycles. The average Bonchev–Trinajstić information content (AvgIpc) is 3.15. The highest BCUT2D eigenvalue weighted by Gasteiger charge is 2.47. The van der Waals surface area contributed by atoms with Crippen molar-refractivity contribution in [3.05, 3.63) is 96.2 Å². The van der Waals surface area contributed by atoms with E-state index >= 15 is 0 Å². The van der Waals surface area contributed by atoms with Crippen molar-refractivity contribution >= 4 is 66.2 Å². The molecule has 10 nitrogen and oxygen atoms in total. The second-order valence-electron chi connectivity index (χ2n) is 15.7. The third-order valence-electron chi connectivity index (χ3n) is 9.48. The van der Waals surface area contributed by atoms with Gasteiger partial charge in [-0.1, -0.05) is 65.8 Å². The van der Waals surface area contributed by atoms with Gasteiger partial charge in [-0.2, -0.15) is 5.10 Å². The maximum atomic E-state index is 13.5. The smallest absolute Gasteiger partial charge is 0.428 e. The van der Waals surface area contributed by atoms with Crippen molar-refractivity contribution in [3.63, 3.8) is 0 Å². The molecule has 2 amide bonds. The number of Topliss-reactive ketones (excluding diaryl/α,β-unsaturated/α-hetero) is 1. The zero-order valence-electron chi connectivity index (χ0n) is 34.5. The summed E-state index contributed by atoms with van der Waals surface area (Å²) in [5.41, 5.74) is 6.07. The number of amides is 2. The van der Waals surface area contributed by atoms with Gasteiger partial charge in [-0.25, -0.2) is 10.2 Å². The van der Waals surface area contributed by atoms with E-state index in [1.807, 2.05) is 60.7 Å². The minimum atomic E-state index is -2.29. The molecule has 0 fully saturated rings. The second kappa shape index (κ2) is 19.3. The number of benzene rings is 3. The van der Waals surface area contributed by atoms with Crippen molar-refractivity contribution in [2.45, 2.75) is 95.9 Å². The molecule has 0 spiro atoms. The molecule has 1 aromatic heterocycles. The number of nitrogens with one attached hydrogen (secondary N) is 1. The van der Waals surface area contributed by atoms with Crippen LogP contribution in [0.5, 0.6) is 11.5 Å². The summed E-state index contributed by atoms with van der Waals surface area (Å²) in [5.74, 6) is 1.15. The summed E-state index contributed by atoms with van der Waals surface area (Å²) in [6.45, 7) is 18.7. The number of rotatable bonds is 16. The van der Waals surface area contributed by atoms with Gasteiger partial charge in [0.05, 0.1) is 30.5 Å². The van der Waals surface area contributed by atoms with Crippen LogP contribution in [-0.4, -0.2) is 62.3 Å². The summed E-state index contributed by atoms with van der Waals surface area (Å²) in [6.07, 6.45) is 4.50. The van der Waals surface area contributed by atoms with E-state index in [0.717, 1.165) is 27.0 Å². The van der Waals surface area contributed by atoms with Gasteiger partial charge in [-0.05, 0) is 104 Å². The van der Waals surface area contributed by atoms with Crippen molar-refractivity contribution in [2.75, 3.05) is 24.8 Å². The lowest BCUT2D eigenvalue weighted by atomic mass is 10.1. The molecule has 0 radical (unpaired) electrons. The number of pyridine rings is 1. The van der Waals surface area contributed by atoms with Crippen molar-refractivity contribution in [2.24, 2.45) is 5.10 Å². The van der Waals surface area contributed by atoms with E-state index in [1.165, 1.54) is 11.8 Å². The zero-order chi connectivity index (χ0) is 41.2. The van der Waals surface area contributed by atoms with Crippen LogP contribution < -0.4 is 19.5 Å². The number of carbonyl (C=O) groups is 3. The van der Waals surface area contributed by atoms with Crippen molar-refractivity contribution in [1.82, 2.24) is 10.4 Å². The number of anilines is 1. The molecular weight excluding hydrogens is 741 g/mol. The lowest BCUT2D eigenvalue weighted by Crippen LogP contribution is -2.50. The van der Waals surface area contributed by atoms with Crippen LogP contribution in [0.4, 0.5) is 10.5 Å². The summed E-state index contributed by atoms with van der Waals surface area (Å²) < 4.78 is 18.1. The SMILES string of the molecule is COc1ccc(C=CC(CC(=O)CSc2cccc(C(=O)N(C)c3ccc4ncccc4c3)c2)=NNC(=O)OC(C)(C)C)cc1O[Si](C(C)C)(C(C)C)C(C)C. The van der Waals surface area contributed by atoms with Crippen LogP contribution in [0.15, 0.2) is 95.1 Å². The molecular formula is C44H56N4O6SSi.